The number of nitrogens with one attached hydrogen (secondary N) is 1. The van der Waals surface area contributed by atoms with Crippen molar-refractivity contribution in [2.75, 3.05) is 13.1 Å². The summed E-state index contributed by atoms with van der Waals surface area (Å²) in [5.74, 6) is 0.103. The summed E-state index contributed by atoms with van der Waals surface area (Å²) in [6, 6.07) is 14.2. The third kappa shape index (κ3) is 5.62. The number of pyridine rings is 1. The lowest BCUT2D eigenvalue weighted by atomic mass is 10.0. The Morgan fingerprint density at radius 2 is 1.93 bits per heavy atom. The van der Waals surface area contributed by atoms with Crippen molar-refractivity contribution in [3.63, 3.8) is 0 Å². The van der Waals surface area contributed by atoms with Gasteiger partial charge in [-0.05, 0) is 54.6 Å². The molecular weight excluding hydrogens is 394 g/mol. The minimum atomic E-state index is -0.102. The van der Waals surface area contributed by atoms with Gasteiger partial charge in [0.2, 0.25) is 0 Å². The van der Waals surface area contributed by atoms with Gasteiger partial charge in [0.1, 0.15) is 5.65 Å². The molecule has 0 aliphatic carbocycles. The van der Waals surface area contributed by atoms with Crippen LogP contribution < -0.4 is 5.32 Å². The Bertz CT molecular complexity index is 1000. The molecule has 0 unspecified atom stereocenters. The second-order valence-corrected chi connectivity index (χ2v) is 8.03. The topological polar surface area (TPSA) is 73.4 Å². The first-order chi connectivity index (χ1) is 14.7. The Morgan fingerprint density at radius 3 is 2.63 bits per heavy atom. The van der Waals surface area contributed by atoms with Crippen molar-refractivity contribution in [2.45, 2.75) is 38.1 Å². The SMILES string of the molecule is CC.N#CC1CCN(Sc2ccc(CNC(=O)c3ccc4nccn4c3)cc2)CC1. The zero-order chi connectivity index (χ0) is 21.3. The molecule has 4 rings (SSSR count). The van der Waals surface area contributed by atoms with Crippen LogP contribution in [0.1, 0.15) is 42.6 Å². The number of hydrogen-bond donors (Lipinski definition) is 1. The number of nitriles is 1. The number of benzene rings is 1. The lowest BCUT2D eigenvalue weighted by Gasteiger charge is -2.27. The Balaban J connectivity index is 0.00000124. The predicted octanol–water partition coefficient (Wildman–Crippen LogP) is 4.53. The molecule has 156 valence electrons. The molecule has 1 fully saturated rings. The molecule has 0 bridgehead atoms. The van der Waals surface area contributed by atoms with Gasteiger partial charge in [-0.1, -0.05) is 26.0 Å². The van der Waals surface area contributed by atoms with Crippen molar-refractivity contribution in [1.82, 2.24) is 19.0 Å². The molecular formula is C23H27N5OS. The fourth-order valence-electron chi connectivity index (χ4n) is 3.23. The number of imidazole rings is 1. The fraction of sp³-hybridized carbons (Fsp3) is 0.348. The maximum Gasteiger partial charge on any atom is 0.253 e. The summed E-state index contributed by atoms with van der Waals surface area (Å²) >= 11 is 1.74. The first-order valence-corrected chi connectivity index (χ1v) is 11.1. The van der Waals surface area contributed by atoms with Crippen molar-refractivity contribution in [2.24, 2.45) is 5.92 Å². The van der Waals surface area contributed by atoms with E-state index in [-0.39, 0.29) is 11.8 Å². The van der Waals surface area contributed by atoms with Gasteiger partial charge in [0.05, 0.1) is 11.6 Å². The van der Waals surface area contributed by atoms with Gasteiger partial charge in [0.15, 0.2) is 0 Å². The number of carbonyl (C=O) groups excluding carboxylic acids is 1. The van der Waals surface area contributed by atoms with Crippen LogP contribution in [0.15, 0.2) is 59.9 Å². The summed E-state index contributed by atoms with van der Waals surface area (Å²) in [5, 5.41) is 12.0. The zero-order valence-electron chi connectivity index (χ0n) is 17.4. The molecule has 1 aliphatic rings. The molecule has 1 saturated heterocycles. The van der Waals surface area contributed by atoms with E-state index in [4.69, 9.17) is 5.26 Å². The first kappa shape index (κ1) is 21.9. The van der Waals surface area contributed by atoms with Crippen molar-refractivity contribution >= 4 is 23.5 Å². The minimum Gasteiger partial charge on any atom is -0.348 e. The van der Waals surface area contributed by atoms with Gasteiger partial charge in [-0.3, -0.25) is 4.79 Å². The fourth-order valence-corrected chi connectivity index (χ4v) is 4.18. The highest BCUT2D eigenvalue weighted by Crippen LogP contribution is 2.28. The number of nitrogens with zero attached hydrogens (tertiary/aromatic N) is 4. The lowest BCUT2D eigenvalue weighted by molar-refractivity contribution is 0.0950. The van der Waals surface area contributed by atoms with Crippen LogP contribution >= 0.6 is 11.9 Å². The molecule has 2 aromatic heterocycles. The summed E-state index contributed by atoms with van der Waals surface area (Å²) in [6.07, 6.45) is 7.21. The Kier molecular flexibility index (Phi) is 7.89. The van der Waals surface area contributed by atoms with E-state index < -0.39 is 0 Å². The first-order valence-electron chi connectivity index (χ1n) is 10.3. The summed E-state index contributed by atoms with van der Waals surface area (Å²) in [6.45, 7) is 6.38. The Morgan fingerprint density at radius 1 is 1.20 bits per heavy atom. The Hall–Kier alpha value is -2.82. The van der Waals surface area contributed by atoms with Gasteiger partial charge in [0.25, 0.3) is 5.91 Å². The molecule has 1 aromatic carbocycles. The zero-order valence-corrected chi connectivity index (χ0v) is 18.2. The van der Waals surface area contributed by atoms with Crippen LogP contribution in [-0.2, 0) is 6.54 Å². The van der Waals surface area contributed by atoms with E-state index in [2.05, 4.69) is 32.8 Å². The molecule has 0 atom stereocenters. The molecule has 0 spiro atoms. The number of carbonyl (C=O) groups is 1. The number of aromatic nitrogens is 2. The van der Waals surface area contributed by atoms with Gasteiger partial charge in [-0.15, -0.1) is 0 Å². The maximum absolute atomic E-state index is 12.4. The highest BCUT2D eigenvalue weighted by molar-refractivity contribution is 7.97. The standard InChI is InChI=1S/C21H21N5OS.C2H6/c22-13-16-7-10-26(11-8-16)28-19-4-1-17(2-5-19)14-24-21(27)18-3-6-20-23-9-12-25(20)15-18;1-2/h1-6,9,12,15-16H,7-8,10-11,14H2,(H,24,27);1-2H3. The molecule has 3 heterocycles. The van der Waals surface area contributed by atoms with Crippen LogP contribution in [0.5, 0.6) is 0 Å². The second kappa shape index (κ2) is 10.8. The average molecular weight is 422 g/mol. The largest absolute Gasteiger partial charge is 0.348 e. The molecule has 3 aromatic rings. The van der Waals surface area contributed by atoms with E-state index in [1.165, 1.54) is 4.90 Å². The molecule has 1 N–H and O–H groups in total. The van der Waals surface area contributed by atoms with Crippen molar-refractivity contribution < 1.29 is 4.79 Å². The Labute approximate surface area is 182 Å². The maximum atomic E-state index is 12.4. The van der Waals surface area contributed by atoms with E-state index in [0.717, 1.165) is 37.1 Å². The molecule has 0 radical (unpaired) electrons. The molecule has 30 heavy (non-hydrogen) atoms. The third-order valence-electron chi connectivity index (χ3n) is 4.90. The summed E-state index contributed by atoms with van der Waals surface area (Å²) in [5.41, 5.74) is 2.49. The van der Waals surface area contributed by atoms with Gasteiger partial charge >= 0.3 is 0 Å². The predicted molar refractivity (Wildman–Crippen MR) is 120 cm³/mol. The normalized spacial score (nSPS) is 14.6. The summed E-state index contributed by atoms with van der Waals surface area (Å²) in [4.78, 5) is 17.7. The van der Waals surface area contributed by atoms with E-state index >= 15 is 0 Å². The smallest absolute Gasteiger partial charge is 0.253 e. The third-order valence-corrected chi connectivity index (χ3v) is 6.00. The van der Waals surface area contributed by atoms with E-state index in [1.807, 2.05) is 42.6 Å². The minimum absolute atomic E-state index is 0.102. The van der Waals surface area contributed by atoms with Gasteiger partial charge in [0, 0.05) is 49.0 Å². The number of fused-ring (bicyclic) bond motifs is 1. The van der Waals surface area contributed by atoms with Crippen molar-refractivity contribution in [1.29, 1.82) is 5.26 Å². The lowest BCUT2D eigenvalue weighted by Crippen LogP contribution is -2.27. The van der Waals surface area contributed by atoms with Crippen LogP contribution in [0.25, 0.3) is 5.65 Å². The van der Waals surface area contributed by atoms with Crippen LogP contribution in [0.2, 0.25) is 0 Å². The number of hydrogen-bond acceptors (Lipinski definition) is 5. The molecule has 1 amide bonds. The van der Waals surface area contributed by atoms with E-state index in [9.17, 15) is 4.79 Å². The van der Waals surface area contributed by atoms with Gasteiger partial charge in [-0.2, -0.15) is 5.26 Å². The summed E-state index contributed by atoms with van der Waals surface area (Å²) < 4.78 is 4.15. The monoisotopic (exact) mass is 421 g/mol. The number of piperidine rings is 1. The van der Waals surface area contributed by atoms with Gasteiger partial charge in [-0.25, -0.2) is 9.29 Å². The average Bonchev–Trinajstić information content (AvgIpc) is 3.28. The van der Waals surface area contributed by atoms with Crippen molar-refractivity contribution in [3.8, 4) is 6.07 Å². The number of amides is 1. The number of rotatable bonds is 5. The molecule has 1 aliphatic heterocycles. The molecule has 7 heteroatoms. The quantitative estimate of drug-likeness (QED) is 0.613. The highest BCUT2D eigenvalue weighted by Gasteiger charge is 2.19. The molecule has 6 nitrogen and oxygen atoms in total. The van der Waals surface area contributed by atoms with Crippen LogP contribution in [0.4, 0.5) is 0 Å². The van der Waals surface area contributed by atoms with Crippen LogP contribution in [0.3, 0.4) is 0 Å². The van der Waals surface area contributed by atoms with Crippen LogP contribution in [-0.4, -0.2) is 32.7 Å². The van der Waals surface area contributed by atoms with Crippen LogP contribution in [0, 0.1) is 17.2 Å². The van der Waals surface area contributed by atoms with E-state index in [0.29, 0.717) is 12.1 Å². The highest BCUT2D eigenvalue weighted by atomic mass is 32.2. The van der Waals surface area contributed by atoms with E-state index in [1.54, 1.807) is 30.4 Å². The van der Waals surface area contributed by atoms with Crippen molar-refractivity contribution in [3.05, 3.63) is 66.1 Å². The molecule has 0 saturated carbocycles. The second-order valence-electron chi connectivity index (χ2n) is 6.86. The van der Waals surface area contributed by atoms with Gasteiger partial charge < -0.3 is 9.72 Å². The summed E-state index contributed by atoms with van der Waals surface area (Å²) in [7, 11) is 0.